The van der Waals surface area contributed by atoms with Crippen molar-refractivity contribution in [2.24, 2.45) is 17.6 Å². The summed E-state index contributed by atoms with van der Waals surface area (Å²) in [7, 11) is 0. The number of hydrogen-bond donors (Lipinski definition) is 2. The fraction of sp³-hybridized carbons (Fsp3) is 0.353. The van der Waals surface area contributed by atoms with Gasteiger partial charge < -0.3 is 15.5 Å². The maximum Gasteiger partial charge on any atom is 0.255 e. The molecule has 3 N–H and O–H groups in total. The van der Waals surface area contributed by atoms with Gasteiger partial charge in [0.1, 0.15) is 12.0 Å². The first kappa shape index (κ1) is 15.1. The molecule has 1 amide bonds. The molecule has 1 saturated carbocycles. The minimum atomic E-state index is -0.137. The van der Waals surface area contributed by atoms with E-state index in [1.165, 1.54) is 6.26 Å². The Balaban J connectivity index is 1.78. The molecule has 0 saturated heterocycles. The van der Waals surface area contributed by atoms with Gasteiger partial charge in [-0.3, -0.25) is 4.79 Å². The van der Waals surface area contributed by atoms with Crippen molar-refractivity contribution >= 4 is 17.5 Å². The molecule has 1 heterocycles. The molecule has 1 aromatic heterocycles. The third kappa shape index (κ3) is 3.18. The Hall–Kier alpha value is -1.78. The predicted molar refractivity (Wildman–Crippen MR) is 85.5 cm³/mol. The Morgan fingerprint density at radius 3 is 2.68 bits per heavy atom. The van der Waals surface area contributed by atoms with Gasteiger partial charge in [0, 0.05) is 5.02 Å². The molecule has 2 aromatic rings. The first-order valence-electron chi connectivity index (χ1n) is 7.42. The van der Waals surface area contributed by atoms with Gasteiger partial charge in [0.25, 0.3) is 5.91 Å². The predicted octanol–water partition coefficient (Wildman–Crippen LogP) is 3.52. The molecule has 1 aromatic carbocycles. The molecule has 0 bridgehead atoms. The van der Waals surface area contributed by atoms with E-state index < -0.39 is 0 Å². The number of hydrogen-bond acceptors (Lipinski definition) is 3. The minimum absolute atomic E-state index is 0.00371. The van der Waals surface area contributed by atoms with Crippen molar-refractivity contribution in [2.45, 2.75) is 25.9 Å². The average Bonchev–Trinajstić information content (AvgIpc) is 3.04. The van der Waals surface area contributed by atoms with Crippen molar-refractivity contribution in [3.8, 4) is 0 Å². The zero-order valence-corrected chi connectivity index (χ0v) is 13.1. The summed E-state index contributed by atoms with van der Waals surface area (Å²) in [5.41, 5.74) is 7.09. The molecule has 1 fully saturated rings. The lowest BCUT2D eigenvalue weighted by atomic mass is 10.0. The van der Waals surface area contributed by atoms with Crippen molar-refractivity contribution in [3.05, 3.63) is 58.5 Å². The second-order valence-corrected chi connectivity index (χ2v) is 6.32. The number of carbonyl (C=O) groups is 1. The average molecular weight is 319 g/mol. The summed E-state index contributed by atoms with van der Waals surface area (Å²) in [6.07, 6.45) is 2.57. The van der Waals surface area contributed by atoms with Crippen LogP contribution in [0.1, 0.15) is 41.1 Å². The van der Waals surface area contributed by atoms with Crippen molar-refractivity contribution in [1.82, 2.24) is 5.32 Å². The molecule has 4 nitrogen and oxygen atoms in total. The number of furan rings is 1. The van der Waals surface area contributed by atoms with E-state index in [1.54, 1.807) is 6.07 Å². The van der Waals surface area contributed by atoms with Crippen LogP contribution in [0.25, 0.3) is 0 Å². The maximum absolute atomic E-state index is 12.4. The van der Waals surface area contributed by atoms with Gasteiger partial charge in [0.2, 0.25) is 0 Å². The molecule has 1 aliphatic rings. The molecule has 0 aliphatic heterocycles. The molecule has 3 atom stereocenters. The van der Waals surface area contributed by atoms with Crippen LogP contribution in [-0.4, -0.2) is 5.91 Å². The highest BCUT2D eigenvalue weighted by atomic mass is 35.5. The number of amides is 1. The third-order valence-electron chi connectivity index (χ3n) is 4.23. The summed E-state index contributed by atoms with van der Waals surface area (Å²) in [5.74, 6) is 1.55. The number of nitrogens with two attached hydrogens (primary N) is 1. The summed E-state index contributed by atoms with van der Waals surface area (Å²) in [6, 6.07) is 9.33. The minimum Gasteiger partial charge on any atom is -0.467 e. The van der Waals surface area contributed by atoms with Crippen LogP contribution in [0.15, 0.2) is 41.0 Å². The van der Waals surface area contributed by atoms with Crippen LogP contribution < -0.4 is 11.1 Å². The number of benzene rings is 1. The molecule has 0 radical (unpaired) electrons. The Bertz CT molecular complexity index is 666. The van der Waals surface area contributed by atoms with Gasteiger partial charge in [-0.25, -0.2) is 0 Å². The van der Waals surface area contributed by atoms with Crippen LogP contribution in [0.4, 0.5) is 0 Å². The highest BCUT2D eigenvalue weighted by Crippen LogP contribution is 2.47. The fourth-order valence-electron chi connectivity index (χ4n) is 2.75. The molecular weight excluding hydrogens is 300 g/mol. The molecular formula is C17H19ClN2O2. The van der Waals surface area contributed by atoms with Gasteiger partial charge in [-0.05, 0) is 42.0 Å². The van der Waals surface area contributed by atoms with E-state index in [4.69, 9.17) is 21.8 Å². The Morgan fingerprint density at radius 2 is 2.14 bits per heavy atom. The van der Waals surface area contributed by atoms with E-state index in [1.807, 2.05) is 24.3 Å². The molecule has 22 heavy (non-hydrogen) atoms. The number of carbonyl (C=O) groups excluding carboxylic acids is 1. The molecule has 3 unspecified atom stereocenters. The maximum atomic E-state index is 12.4. The lowest BCUT2D eigenvalue weighted by Gasteiger charge is -2.19. The van der Waals surface area contributed by atoms with Gasteiger partial charge in [-0.2, -0.15) is 0 Å². The molecule has 1 aliphatic carbocycles. The smallest absolute Gasteiger partial charge is 0.255 e. The standard InChI is InChI=1S/C17H19ClN2O2/c1-10-6-15(10)16(11-2-4-13(18)5-3-11)20-17(21)12-7-14(8-19)22-9-12/h2-5,7,9-10,15-16H,6,8,19H2,1H3,(H,20,21). The summed E-state index contributed by atoms with van der Waals surface area (Å²) in [6.45, 7) is 2.48. The van der Waals surface area contributed by atoms with E-state index >= 15 is 0 Å². The van der Waals surface area contributed by atoms with Crippen LogP contribution in [0.3, 0.4) is 0 Å². The van der Waals surface area contributed by atoms with Gasteiger partial charge >= 0.3 is 0 Å². The van der Waals surface area contributed by atoms with Gasteiger partial charge in [-0.15, -0.1) is 0 Å². The van der Waals surface area contributed by atoms with E-state index in [2.05, 4.69) is 12.2 Å². The molecule has 116 valence electrons. The van der Waals surface area contributed by atoms with E-state index in [0.717, 1.165) is 12.0 Å². The zero-order valence-electron chi connectivity index (χ0n) is 12.4. The number of nitrogens with one attached hydrogen (secondary N) is 1. The van der Waals surface area contributed by atoms with Crippen molar-refractivity contribution in [2.75, 3.05) is 0 Å². The molecule has 3 rings (SSSR count). The SMILES string of the molecule is CC1CC1C(NC(=O)c1coc(CN)c1)c1ccc(Cl)cc1. The normalized spacial score (nSPS) is 21.4. The van der Waals surface area contributed by atoms with Gasteiger partial charge in [0.05, 0.1) is 18.2 Å². The van der Waals surface area contributed by atoms with Crippen molar-refractivity contribution < 1.29 is 9.21 Å². The summed E-state index contributed by atoms with van der Waals surface area (Å²) in [4.78, 5) is 12.4. The highest BCUT2D eigenvalue weighted by molar-refractivity contribution is 6.30. The number of halogens is 1. The topological polar surface area (TPSA) is 68.3 Å². The third-order valence-corrected chi connectivity index (χ3v) is 4.48. The van der Waals surface area contributed by atoms with Crippen LogP contribution in [0.5, 0.6) is 0 Å². The van der Waals surface area contributed by atoms with E-state index in [0.29, 0.717) is 28.2 Å². The van der Waals surface area contributed by atoms with E-state index in [-0.39, 0.29) is 18.5 Å². The fourth-order valence-corrected chi connectivity index (χ4v) is 2.88. The highest BCUT2D eigenvalue weighted by Gasteiger charge is 2.41. The molecule has 5 heteroatoms. The van der Waals surface area contributed by atoms with Crippen LogP contribution in [0, 0.1) is 11.8 Å². The van der Waals surface area contributed by atoms with Gasteiger partial charge in [-0.1, -0.05) is 30.7 Å². The lowest BCUT2D eigenvalue weighted by molar-refractivity contribution is 0.0930. The van der Waals surface area contributed by atoms with Crippen LogP contribution in [-0.2, 0) is 6.54 Å². The second kappa shape index (κ2) is 6.15. The van der Waals surface area contributed by atoms with Crippen molar-refractivity contribution in [1.29, 1.82) is 0 Å². The Labute approximate surface area is 134 Å². The summed E-state index contributed by atoms with van der Waals surface area (Å²) in [5, 5.41) is 3.81. The largest absolute Gasteiger partial charge is 0.467 e. The van der Waals surface area contributed by atoms with Gasteiger partial charge in [0.15, 0.2) is 0 Å². The van der Waals surface area contributed by atoms with Crippen molar-refractivity contribution in [3.63, 3.8) is 0 Å². The van der Waals surface area contributed by atoms with Crippen LogP contribution in [0.2, 0.25) is 5.02 Å². The lowest BCUT2D eigenvalue weighted by Crippen LogP contribution is -2.30. The molecule has 0 spiro atoms. The Morgan fingerprint density at radius 1 is 1.45 bits per heavy atom. The zero-order chi connectivity index (χ0) is 15.7. The quantitative estimate of drug-likeness (QED) is 0.886. The first-order valence-corrected chi connectivity index (χ1v) is 7.80. The van der Waals surface area contributed by atoms with E-state index in [9.17, 15) is 4.79 Å². The van der Waals surface area contributed by atoms with Crippen LogP contribution >= 0.6 is 11.6 Å². The summed E-state index contributed by atoms with van der Waals surface area (Å²) >= 11 is 5.95. The number of rotatable bonds is 5. The monoisotopic (exact) mass is 318 g/mol. The Kier molecular flexibility index (Phi) is 4.23. The second-order valence-electron chi connectivity index (χ2n) is 5.89. The first-order chi connectivity index (χ1) is 10.6. The summed E-state index contributed by atoms with van der Waals surface area (Å²) < 4.78 is 5.23.